The Morgan fingerprint density at radius 1 is 1.14 bits per heavy atom. The fourth-order valence-corrected chi connectivity index (χ4v) is 2.37. The van der Waals surface area contributed by atoms with Crippen LogP contribution in [0.25, 0.3) is 0 Å². The number of nitrogens with one attached hydrogen (secondary N) is 1. The average Bonchev–Trinajstić information content (AvgIpc) is 2.52. The Balaban J connectivity index is 2.44. The summed E-state index contributed by atoms with van der Waals surface area (Å²) < 4.78 is 19.7. The number of hydrogen-bond donors (Lipinski definition) is 1. The third kappa shape index (κ3) is 3.34. The van der Waals surface area contributed by atoms with Crippen molar-refractivity contribution >= 4 is 11.4 Å². The summed E-state index contributed by atoms with van der Waals surface area (Å²) in [6.45, 7) is 3.50. The summed E-state index contributed by atoms with van der Waals surface area (Å²) in [7, 11) is 3.47. The standard InChI is InChI=1S/C17H21FN2O/c1-4-19-12-13-8-7-9-14(18)17(13)20(2)15-10-5-6-11-16(15)21-3/h5-11,19H,4,12H2,1-3H3. The Labute approximate surface area is 125 Å². The van der Waals surface area contributed by atoms with Crippen LogP contribution in [0.5, 0.6) is 5.75 Å². The van der Waals surface area contributed by atoms with Gasteiger partial charge < -0.3 is 15.0 Å². The van der Waals surface area contributed by atoms with Crippen LogP contribution in [0.4, 0.5) is 15.8 Å². The zero-order valence-corrected chi connectivity index (χ0v) is 12.7. The first kappa shape index (κ1) is 15.3. The molecule has 2 aromatic rings. The second-order valence-corrected chi connectivity index (χ2v) is 4.76. The number of ether oxygens (including phenoxy) is 1. The van der Waals surface area contributed by atoms with Crippen molar-refractivity contribution in [1.82, 2.24) is 5.32 Å². The van der Waals surface area contributed by atoms with Crippen LogP contribution >= 0.6 is 0 Å². The monoisotopic (exact) mass is 288 g/mol. The molecule has 0 spiro atoms. The molecule has 1 N–H and O–H groups in total. The highest BCUT2D eigenvalue weighted by atomic mass is 19.1. The Hall–Kier alpha value is -2.07. The Kier molecular flexibility index (Phi) is 5.17. The van der Waals surface area contributed by atoms with Gasteiger partial charge in [-0.1, -0.05) is 31.2 Å². The number of hydrogen-bond acceptors (Lipinski definition) is 3. The number of benzene rings is 2. The second kappa shape index (κ2) is 7.09. The molecule has 4 heteroatoms. The lowest BCUT2D eigenvalue weighted by atomic mass is 10.1. The van der Waals surface area contributed by atoms with Crippen molar-refractivity contribution in [2.24, 2.45) is 0 Å². The zero-order chi connectivity index (χ0) is 15.2. The van der Waals surface area contributed by atoms with Crippen LogP contribution in [0.15, 0.2) is 42.5 Å². The van der Waals surface area contributed by atoms with Gasteiger partial charge in [0.1, 0.15) is 11.6 Å². The predicted molar refractivity (Wildman–Crippen MR) is 84.8 cm³/mol. The summed E-state index contributed by atoms with van der Waals surface area (Å²) >= 11 is 0. The molecule has 21 heavy (non-hydrogen) atoms. The normalized spacial score (nSPS) is 10.5. The van der Waals surface area contributed by atoms with Gasteiger partial charge in [0.2, 0.25) is 0 Å². The van der Waals surface area contributed by atoms with E-state index in [1.807, 2.05) is 49.2 Å². The lowest BCUT2D eigenvalue weighted by Crippen LogP contribution is -2.18. The van der Waals surface area contributed by atoms with E-state index in [1.165, 1.54) is 6.07 Å². The fraction of sp³-hybridized carbons (Fsp3) is 0.294. The molecule has 3 nitrogen and oxygen atoms in total. The summed E-state index contributed by atoms with van der Waals surface area (Å²) in [5.41, 5.74) is 2.33. The molecule has 0 atom stereocenters. The molecule has 0 bridgehead atoms. The fourth-order valence-electron chi connectivity index (χ4n) is 2.37. The first-order valence-corrected chi connectivity index (χ1v) is 7.03. The third-order valence-corrected chi connectivity index (χ3v) is 3.42. The molecule has 0 amide bonds. The maximum atomic E-state index is 14.3. The first-order chi connectivity index (χ1) is 10.2. The van der Waals surface area contributed by atoms with Gasteiger partial charge in [0.25, 0.3) is 0 Å². The zero-order valence-electron chi connectivity index (χ0n) is 12.7. The smallest absolute Gasteiger partial charge is 0.147 e. The van der Waals surface area contributed by atoms with Crippen LogP contribution in [0.1, 0.15) is 12.5 Å². The molecule has 2 rings (SSSR count). The van der Waals surface area contributed by atoms with E-state index in [2.05, 4.69) is 5.32 Å². The minimum absolute atomic E-state index is 0.237. The van der Waals surface area contributed by atoms with Gasteiger partial charge in [0, 0.05) is 13.6 Å². The van der Waals surface area contributed by atoms with E-state index in [-0.39, 0.29) is 5.82 Å². The molecule has 0 aromatic heterocycles. The lowest BCUT2D eigenvalue weighted by Gasteiger charge is -2.25. The number of methoxy groups -OCH3 is 1. The van der Waals surface area contributed by atoms with Crippen LogP contribution in [-0.2, 0) is 6.54 Å². The predicted octanol–water partition coefficient (Wildman–Crippen LogP) is 3.71. The molecule has 0 radical (unpaired) electrons. The van der Waals surface area contributed by atoms with E-state index in [1.54, 1.807) is 13.2 Å². The molecule has 0 fully saturated rings. The van der Waals surface area contributed by atoms with Crippen molar-refractivity contribution in [3.8, 4) is 5.75 Å². The molecular formula is C17H21FN2O. The van der Waals surface area contributed by atoms with Crippen LogP contribution < -0.4 is 15.0 Å². The average molecular weight is 288 g/mol. The molecule has 0 saturated heterocycles. The van der Waals surface area contributed by atoms with Gasteiger partial charge in [0.15, 0.2) is 0 Å². The van der Waals surface area contributed by atoms with Crippen molar-refractivity contribution in [3.63, 3.8) is 0 Å². The summed E-state index contributed by atoms with van der Waals surface area (Å²) in [5, 5.41) is 3.24. The third-order valence-electron chi connectivity index (χ3n) is 3.42. The minimum atomic E-state index is -0.237. The largest absolute Gasteiger partial charge is 0.495 e. The molecule has 0 unspecified atom stereocenters. The first-order valence-electron chi connectivity index (χ1n) is 7.03. The van der Waals surface area contributed by atoms with E-state index < -0.39 is 0 Å². The molecule has 0 aliphatic heterocycles. The number of nitrogens with zero attached hydrogens (tertiary/aromatic N) is 1. The van der Waals surface area contributed by atoms with Crippen LogP contribution in [0.3, 0.4) is 0 Å². The number of para-hydroxylation sites is 3. The molecule has 112 valence electrons. The van der Waals surface area contributed by atoms with Crippen molar-refractivity contribution in [3.05, 3.63) is 53.8 Å². The van der Waals surface area contributed by atoms with Gasteiger partial charge >= 0.3 is 0 Å². The lowest BCUT2D eigenvalue weighted by molar-refractivity contribution is 0.415. The highest BCUT2D eigenvalue weighted by molar-refractivity contribution is 5.71. The summed E-state index contributed by atoms with van der Waals surface area (Å²) in [6, 6.07) is 12.8. The number of rotatable bonds is 6. The van der Waals surface area contributed by atoms with Crippen molar-refractivity contribution < 1.29 is 9.13 Å². The molecular weight excluding hydrogens is 267 g/mol. The van der Waals surface area contributed by atoms with Crippen LogP contribution in [-0.4, -0.2) is 20.7 Å². The van der Waals surface area contributed by atoms with Gasteiger partial charge in [0.05, 0.1) is 18.5 Å². The Morgan fingerprint density at radius 2 is 1.90 bits per heavy atom. The summed E-state index contributed by atoms with van der Waals surface area (Å²) in [5.74, 6) is 0.483. The Morgan fingerprint density at radius 3 is 2.62 bits per heavy atom. The van der Waals surface area contributed by atoms with Gasteiger partial charge in [-0.15, -0.1) is 0 Å². The molecule has 2 aromatic carbocycles. The highest BCUT2D eigenvalue weighted by Gasteiger charge is 2.16. The Bertz CT molecular complexity index is 601. The van der Waals surface area contributed by atoms with Crippen molar-refractivity contribution in [2.75, 3.05) is 25.6 Å². The van der Waals surface area contributed by atoms with Gasteiger partial charge in [-0.25, -0.2) is 4.39 Å². The SMILES string of the molecule is CCNCc1cccc(F)c1N(C)c1ccccc1OC. The topological polar surface area (TPSA) is 24.5 Å². The van der Waals surface area contributed by atoms with Gasteiger partial charge in [-0.05, 0) is 30.3 Å². The van der Waals surface area contributed by atoms with E-state index in [0.29, 0.717) is 12.2 Å². The maximum absolute atomic E-state index is 14.3. The number of anilines is 2. The minimum Gasteiger partial charge on any atom is -0.495 e. The van der Waals surface area contributed by atoms with E-state index >= 15 is 0 Å². The molecule has 0 aliphatic carbocycles. The molecule has 0 saturated carbocycles. The quantitative estimate of drug-likeness (QED) is 0.877. The van der Waals surface area contributed by atoms with Crippen LogP contribution in [0.2, 0.25) is 0 Å². The van der Waals surface area contributed by atoms with Crippen LogP contribution in [0, 0.1) is 5.82 Å². The van der Waals surface area contributed by atoms with Crippen molar-refractivity contribution in [2.45, 2.75) is 13.5 Å². The summed E-state index contributed by atoms with van der Waals surface area (Å²) in [4.78, 5) is 1.83. The highest BCUT2D eigenvalue weighted by Crippen LogP contribution is 2.35. The van der Waals surface area contributed by atoms with E-state index in [9.17, 15) is 4.39 Å². The maximum Gasteiger partial charge on any atom is 0.147 e. The van der Waals surface area contributed by atoms with Gasteiger partial charge in [-0.3, -0.25) is 0 Å². The summed E-state index contributed by atoms with van der Waals surface area (Å²) in [6.07, 6.45) is 0. The van der Waals surface area contributed by atoms with Crippen molar-refractivity contribution in [1.29, 1.82) is 0 Å². The van der Waals surface area contributed by atoms with E-state index in [0.717, 1.165) is 23.5 Å². The number of halogens is 1. The molecule has 0 aliphatic rings. The van der Waals surface area contributed by atoms with Gasteiger partial charge in [-0.2, -0.15) is 0 Å². The molecule has 0 heterocycles. The second-order valence-electron chi connectivity index (χ2n) is 4.76. The van der Waals surface area contributed by atoms with E-state index in [4.69, 9.17) is 4.74 Å².